The van der Waals surface area contributed by atoms with Gasteiger partial charge in [-0.15, -0.1) is 0 Å². The number of hydrogen-bond acceptors (Lipinski definition) is 3. The minimum atomic E-state index is -0.0747. The molecule has 0 aliphatic carbocycles. The van der Waals surface area contributed by atoms with Crippen molar-refractivity contribution in [2.24, 2.45) is 0 Å². The Morgan fingerprint density at radius 3 is 2.60 bits per heavy atom. The SMILES string of the molecule is COc1ccc(/C=C2/Oc3ccc(I)cc3C2=O)cc1. The molecule has 0 aromatic heterocycles. The predicted octanol–water partition coefficient (Wildman–Crippen LogP) is 3.92. The molecule has 2 aromatic carbocycles. The Balaban J connectivity index is 1.92. The predicted molar refractivity (Wildman–Crippen MR) is 85.1 cm³/mol. The second-order valence-corrected chi connectivity index (χ2v) is 5.60. The summed E-state index contributed by atoms with van der Waals surface area (Å²) in [6, 6.07) is 13.0. The molecule has 0 radical (unpaired) electrons. The summed E-state index contributed by atoms with van der Waals surface area (Å²) in [6.07, 6.45) is 1.74. The molecule has 2 aromatic rings. The van der Waals surface area contributed by atoms with Crippen LogP contribution in [-0.4, -0.2) is 12.9 Å². The molecule has 0 bridgehead atoms. The van der Waals surface area contributed by atoms with Crippen LogP contribution in [0, 0.1) is 3.57 Å². The maximum atomic E-state index is 12.3. The molecule has 4 heteroatoms. The van der Waals surface area contributed by atoms with E-state index in [4.69, 9.17) is 9.47 Å². The molecule has 0 saturated heterocycles. The van der Waals surface area contributed by atoms with Gasteiger partial charge in [0.05, 0.1) is 12.7 Å². The van der Waals surface area contributed by atoms with E-state index in [1.54, 1.807) is 13.2 Å². The van der Waals surface area contributed by atoms with Gasteiger partial charge in [0.15, 0.2) is 5.76 Å². The van der Waals surface area contributed by atoms with Crippen molar-refractivity contribution in [2.45, 2.75) is 0 Å². The number of benzene rings is 2. The van der Waals surface area contributed by atoms with Crippen LogP contribution in [-0.2, 0) is 0 Å². The van der Waals surface area contributed by atoms with Crippen LogP contribution in [0.15, 0.2) is 48.2 Å². The van der Waals surface area contributed by atoms with Gasteiger partial charge in [-0.05, 0) is 64.6 Å². The van der Waals surface area contributed by atoms with Gasteiger partial charge in [0.25, 0.3) is 0 Å². The first-order chi connectivity index (χ1) is 9.67. The van der Waals surface area contributed by atoms with Gasteiger partial charge in [-0.2, -0.15) is 0 Å². The molecule has 3 nitrogen and oxygen atoms in total. The average Bonchev–Trinajstić information content (AvgIpc) is 2.76. The molecule has 0 atom stereocenters. The summed E-state index contributed by atoms with van der Waals surface area (Å²) in [5.41, 5.74) is 1.52. The van der Waals surface area contributed by atoms with Crippen LogP contribution < -0.4 is 9.47 Å². The van der Waals surface area contributed by atoms with Gasteiger partial charge in [-0.3, -0.25) is 4.79 Å². The van der Waals surface area contributed by atoms with Crippen LogP contribution in [0.1, 0.15) is 15.9 Å². The second-order valence-electron chi connectivity index (χ2n) is 4.35. The Bertz CT molecular complexity index is 702. The quantitative estimate of drug-likeness (QED) is 0.587. The van der Waals surface area contributed by atoms with Gasteiger partial charge in [0.2, 0.25) is 5.78 Å². The van der Waals surface area contributed by atoms with E-state index in [-0.39, 0.29) is 5.78 Å². The Morgan fingerprint density at radius 2 is 1.90 bits per heavy atom. The van der Waals surface area contributed by atoms with Crippen LogP contribution in [0.4, 0.5) is 0 Å². The van der Waals surface area contributed by atoms with E-state index in [1.165, 1.54) is 0 Å². The molecule has 1 heterocycles. The molecule has 100 valence electrons. The van der Waals surface area contributed by atoms with Crippen molar-refractivity contribution in [3.8, 4) is 11.5 Å². The fraction of sp³-hybridized carbons (Fsp3) is 0.0625. The highest BCUT2D eigenvalue weighted by Crippen LogP contribution is 2.32. The number of halogens is 1. The number of allylic oxidation sites excluding steroid dienone is 1. The Kier molecular flexibility index (Phi) is 3.48. The van der Waals surface area contributed by atoms with Crippen molar-refractivity contribution < 1.29 is 14.3 Å². The number of Topliss-reactive ketones (excluding diaryl/α,β-unsaturated/α-hetero) is 1. The molecular weight excluding hydrogens is 367 g/mol. The molecular formula is C16H11IO3. The van der Waals surface area contributed by atoms with E-state index in [0.29, 0.717) is 17.1 Å². The van der Waals surface area contributed by atoms with Crippen LogP contribution in [0.25, 0.3) is 6.08 Å². The second kappa shape index (κ2) is 5.28. The van der Waals surface area contributed by atoms with Crippen molar-refractivity contribution in [1.29, 1.82) is 0 Å². The Labute approximate surface area is 130 Å². The van der Waals surface area contributed by atoms with Crippen molar-refractivity contribution in [3.63, 3.8) is 0 Å². The van der Waals surface area contributed by atoms with Gasteiger partial charge in [0.1, 0.15) is 11.5 Å². The molecule has 0 saturated carbocycles. The molecule has 0 unspecified atom stereocenters. The Hall–Kier alpha value is -1.82. The lowest BCUT2D eigenvalue weighted by molar-refractivity contribution is 0.101. The number of carbonyl (C=O) groups is 1. The first-order valence-corrected chi connectivity index (χ1v) is 7.13. The fourth-order valence-electron chi connectivity index (χ4n) is 2.01. The van der Waals surface area contributed by atoms with E-state index in [0.717, 1.165) is 14.9 Å². The van der Waals surface area contributed by atoms with Crippen molar-refractivity contribution in [2.75, 3.05) is 7.11 Å². The lowest BCUT2D eigenvalue weighted by Crippen LogP contribution is -1.98. The van der Waals surface area contributed by atoms with E-state index in [9.17, 15) is 4.79 Å². The summed E-state index contributed by atoms with van der Waals surface area (Å²) in [5, 5.41) is 0. The highest BCUT2D eigenvalue weighted by atomic mass is 127. The number of ketones is 1. The average molecular weight is 378 g/mol. The minimum Gasteiger partial charge on any atom is -0.497 e. The highest BCUT2D eigenvalue weighted by Gasteiger charge is 2.27. The third-order valence-corrected chi connectivity index (χ3v) is 3.71. The molecule has 3 rings (SSSR count). The van der Waals surface area contributed by atoms with E-state index >= 15 is 0 Å². The largest absolute Gasteiger partial charge is 0.497 e. The summed E-state index contributed by atoms with van der Waals surface area (Å²) in [4.78, 5) is 12.3. The van der Waals surface area contributed by atoms with Gasteiger partial charge >= 0.3 is 0 Å². The number of rotatable bonds is 2. The summed E-state index contributed by atoms with van der Waals surface area (Å²) < 4.78 is 11.7. The zero-order valence-electron chi connectivity index (χ0n) is 10.7. The summed E-state index contributed by atoms with van der Waals surface area (Å²) >= 11 is 2.18. The molecule has 1 aliphatic rings. The van der Waals surface area contributed by atoms with Crippen LogP contribution in [0.3, 0.4) is 0 Å². The van der Waals surface area contributed by atoms with Gasteiger partial charge in [0, 0.05) is 3.57 Å². The third kappa shape index (κ3) is 2.43. The maximum absolute atomic E-state index is 12.3. The van der Waals surface area contributed by atoms with Gasteiger partial charge < -0.3 is 9.47 Å². The zero-order valence-corrected chi connectivity index (χ0v) is 12.9. The fourth-order valence-corrected chi connectivity index (χ4v) is 2.50. The maximum Gasteiger partial charge on any atom is 0.232 e. The van der Waals surface area contributed by atoms with Crippen molar-refractivity contribution in [3.05, 3.63) is 62.9 Å². The first-order valence-electron chi connectivity index (χ1n) is 6.05. The van der Waals surface area contributed by atoms with E-state index in [2.05, 4.69) is 22.6 Å². The zero-order chi connectivity index (χ0) is 14.1. The number of hydrogen-bond donors (Lipinski definition) is 0. The summed E-state index contributed by atoms with van der Waals surface area (Å²) in [7, 11) is 1.62. The lowest BCUT2D eigenvalue weighted by atomic mass is 10.1. The summed E-state index contributed by atoms with van der Waals surface area (Å²) in [6.45, 7) is 0. The third-order valence-electron chi connectivity index (χ3n) is 3.04. The first kappa shape index (κ1) is 13.2. The topological polar surface area (TPSA) is 35.5 Å². The molecule has 1 aliphatic heterocycles. The number of fused-ring (bicyclic) bond motifs is 1. The molecule has 20 heavy (non-hydrogen) atoms. The highest BCUT2D eigenvalue weighted by molar-refractivity contribution is 14.1. The number of ether oxygens (including phenoxy) is 2. The van der Waals surface area contributed by atoms with E-state index < -0.39 is 0 Å². The van der Waals surface area contributed by atoms with Gasteiger partial charge in [-0.25, -0.2) is 0 Å². The smallest absolute Gasteiger partial charge is 0.232 e. The molecule has 0 amide bonds. The van der Waals surface area contributed by atoms with Gasteiger partial charge in [-0.1, -0.05) is 12.1 Å². The lowest BCUT2D eigenvalue weighted by Gasteiger charge is -2.01. The molecule has 0 spiro atoms. The minimum absolute atomic E-state index is 0.0747. The van der Waals surface area contributed by atoms with Crippen molar-refractivity contribution >= 4 is 34.5 Å². The van der Waals surface area contributed by atoms with Crippen LogP contribution >= 0.6 is 22.6 Å². The monoisotopic (exact) mass is 378 g/mol. The van der Waals surface area contributed by atoms with E-state index in [1.807, 2.05) is 42.5 Å². The summed E-state index contributed by atoms with van der Waals surface area (Å²) in [5.74, 6) is 1.68. The normalized spacial score (nSPS) is 15.1. The number of carbonyl (C=O) groups excluding carboxylic acids is 1. The number of methoxy groups -OCH3 is 1. The van der Waals surface area contributed by atoms with Crippen LogP contribution in [0.5, 0.6) is 11.5 Å². The van der Waals surface area contributed by atoms with Crippen LogP contribution in [0.2, 0.25) is 0 Å². The molecule has 0 N–H and O–H groups in total. The Morgan fingerprint density at radius 1 is 1.15 bits per heavy atom. The molecule has 0 fully saturated rings. The van der Waals surface area contributed by atoms with Crippen molar-refractivity contribution in [1.82, 2.24) is 0 Å². The standard InChI is InChI=1S/C16H11IO3/c1-19-12-5-2-10(3-6-12)8-15-16(18)13-9-11(17)4-7-14(13)20-15/h2-9H,1H3/b15-8+.